The summed E-state index contributed by atoms with van der Waals surface area (Å²) in [6, 6.07) is 1.13. The molecule has 0 unspecified atom stereocenters. The molecule has 1 amide bonds. The van der Waals surface area contributed by atoms with E-state index in [1.54, 1.807) is 0 Å². The fraction of sp³-hybridized carbons (Fsp3) is 0. The Hall–Kier alpha value is -1.90. The average Bonchev–Trinajstić information content (AvgIpc) is 2.18. The van der Waals surface area contributed by atoms with Crippen LogP contribution in [0.25, 0.3) is 0 Å². The van der Waals surface area contributed by atoms with Gasteiger partial charge < -0.3 is 4.74 Å². The molecule has 0 atom stereocenters. The number of rotatable bonds is 1. The topological polar surface area (TPSA) is 72.8 Å². The van der Waals surface area contributed by atoms with Crippen LogP contribution in [0.2, 0.25) is 0 Å². The van der Waals surface area contributed by atoms with E-state index in [9.17, 15) is 26.4 Å². The second-order valence-electron chi connectivity index (χ2n) is 2.35. The van der Waals surface area contributed by atoms with E-state index in [4.69, 9.17) is 0 Å². The van der Waals surface area contributed by atoms with Gasteiger partial charge in [0.1, 0.15) is 0 Å². The summed E-state index contributed by atoms with van der Waals surface area (Å²) in [4.78, 5) is 10.6. The molecule has 5 nitrogen and oxygen atoms in total. The van der Waals surface area contributed by atoms with Crippen molar-refractivity contribution in [1.82, 2.24) is 0 Å². The Balaban J connectivity index is 3.04. The smallest absolute Gasteiger partial charge is 0.405 e. The molecule has 0 heterocycles. The molecule has 0 aliphatic rings. The molecule has 0 aliphatic heterocycles. The zero-order chi connectivity index (χ0) is 12.3. The van der Waals surface area contributed by atoms with Gasteiger partial charge in [-0.25, -0.2) is 13.6 Å². The molecular formula is C7H2F3NO4S. The Morgan fingerprint density at radius 3 is 2.38 bits per heavy atom. The largest absolute Gasteiger partial charge is 0.454 e. The first-order valence-electron chi connectivity index (χ1n) is 3.58. The van der Waals surface area contributed by atoms with Gasteiger partial charge in [-0.1, -0.05) is 4.36 Å². The molecule has 0 saturated carbocycles. The summed E-state index contributed by atoms with van der Waals surface area (Å²) in [6.45, 7) is 0. The van der Waals surface area contributed by atoms with Gasteiger partial charge in [0.2, 0.25) is 5.82 Å². The van der Waals surface area contributed by atoms with Crippen LogP contribution < -0.4 is 4.74 Å². The third kappa shape index (κ3) is 2.79. The van der Waals surface area contributed by atoms with E-state index >= 15 is 0 Å². The number of amides is 1. The molecule has 0 N–H and O–H groups in total. The van der Waals surface area contributed by atoms with Gasteiger partial charge in [-0.2, -0.15) is 12.8 Å². The van der Waals surface area contributed by atoms with Crippen LogP contribution in [0.3, 0.4) is 0 Å². The van der Waals surface area contributed by atoms with Crippen molar-refractivity contribution < 1.29 is 31.1 Å². The van der Waals surface area contributed by atoms with Crippen molar-refractivity contribution in [1.29, 1.82) is 0 Å². The van der Waals surface area contributed by atoms with Crippen molar-refractivity contribution in [3.8, 4) is 5.75 Å². The lowest BCUT2D eigenvalue weighted by molar-refractivity contribution is 0.208. The molecule has 0 saturated heterocycles. The van der Waals surface area contributed by atoms with Gasteiger partial charge in [-0.05, 0) is 12.1 Å². The maximum Gasteiger partial charge on any atom is 0.454 e. The van der Waals surface area contributed by atoms with Gasteiger partial charge in [0.25, 0.3) is 0 Å². The predicted octanol–water partition coefficient (Wildman–Crippen LogP) is 1.67. The zero-order valence-corrected chi connectivity index (χ0v) is 8.09. The number of halogens is 3. The molecule has 0 spiro atoms. The number of carbonyl (C=O) groups excluding carboxylic acids is 1. The van der Waals surface area contributed by atoms with Gasteiger partial charge in [-0.15, -0.1) is 0 Å². The number of benzene rings is 1. The number of ether oxygens (including phenoxy) is 1. The summed E-state index contributed by atoms with van der Waals surface area (Å²) in [6.07, 6.45) is -1.67. The van der Waals surface area contributed by atoms with Crippen LogP contribution in [0.5, 0.6) is 5.75 Å². The summed E-state index contributed by atoms with van der Waals surface area (Å²) in [5.41, 5.74) is 0. The van der Waals surface area contributed by atoms with E-state index in [0.29, 0.717) is 12.1 Å². The highest BCUT2D eigenvalue weighted by molar-refractivity contribution is 7.62. The maximum absolute atomic E-state index is 12.9. The SMILES string of the molecule is O=C(N=S(=O)=O)Oc1ccc(F)c(F)c1F. The normalized spacial score (nSPS) is 9.69. The quantitative estimate of drug-likeness (QED) is 0.713. The molecule has 0 radical (unpaired) electrons. The first-order chi connectivity index (χ1) is 7.41. The van der Waals surface area contributed by atoms with E-state index in [2.05, 4.69) is 9.10 Å². The van der Waals surface area contributed by atoms with Gasteiger partial charge >= 0.3 is 16.6 Å². The third-order valence-electron chi connectivity index (χ3n) is 1.35. The molecule has 0 bridgehead atoms. The Morgan fingerprint density at radius 1 is 1.19 bits per heavy atom. The number of hydrogen-bond donors (Lipinski definition) is 0. The molecule has 0 aromatic heterocycles. The Bertz CT molecular complexity index is 561. The fourth-order valence-electron chi connectivity index (χ4n) is 0.761. The molecule has 86 valence electrons. The fourth-order valence-corrected chi connectivity index (χ4v) is 0.920. The van der Waals surface area contributed by atoms with Crippen LogP contribution in [-0.4, -0.2) is 14.5 Å². The second-order valence-corrected chi connectivity index (χ2v) is 2.97. The lowest BCUT2D eigenvalue weighted by Crippen LogP contribution is -2.05. The highest BCUT2D eigenvalue weighted by atomic mass is 32.2. The van der Waals surface area contributed by atoms with E-state index in [-0.39, 0.29) is 0 Å². The monoisotopic (exact) mass is 253 g/mol. The Labute approximate surface area is 88.2 Å². The van der Waals surface area contributed by atoms with E-state index in [0.717, 1.165) is 0 Å². The number of carbonyl (C=O) groups is 1. The Morgan fingerprint density at radius 2 is 1.81 bits per heavy atom. The summed E-state index contributed by atoms with van der Waals surface area (Å²) >= 11 is 0. The van der Waals surface area contributed by atoms with Gasteiger partial charge in [-0.3, -0.25) is 0 Å². The van der Waals surface area contributed by atoms with Crippen LogP contribution in [-0.2, 0) is 10.5 Å². The van der Waals surface area contributed by atoms with Crippen molar-refractivity contribution >= 4 is 16.6 Å². The number of hydrogen-bond acceptors (Lipinski definition) is 4. The summed E-state index contributed by atoms with van der Waals surface area (Å²) < 4.78 is 64.1. The number of nitrogens with zero attached hydrogens (tertiary/aromatic N) is 1. The minimum atomic E-state index is -3.08. The minimum Gasteiger partial charge on any atom is -0.405 e. The molecule has 0 aliphatic carbocycles. The van der Waals surface area contributed by atoms with Crippen molar-refractivity contribution in [2.45, 2.75) is 0 Å². The zero-order valence-electron chi connectivity index (χ0n) is 7.28. The van der Waals surface area contributed by atoms with Crippen molar-refractivity contribution in [3.63, 3.8) is 0 Å². The van der Waals surface area contributed by atoms with E-state index < -0.39 is 39.8 Å². The lowest BCUT2D eigenvalue weighted by Gasteiger charge is -2.02. The minimum absolute atomic E-state index is 0.509. The molecule has 1 rings (SSSR count). The molecular weight excluding hydrogens is 251 g/mol. The van der Waals surface area contributed by atoms with Gasteiger partial charge in [0.15, 0.2) is 17.4 Å². The van der Waals surface area contributed by atoms with E-state index in [1.807, 2.05) is 0 Å². The average molecular weight is 253 g/mol. The van der Waals surface area contributed by atoms with Crippen LogP contribution in [0.4, 0.5) is 18.0 Å². The molecule has 9 heteroatoms. The van der Waals surface area contributed by atoms with Crippen LogP contribution in [0.15, 0.2) is 16.5 Å². The summed E-state index contributed by atoms with van der Waals surface area (Å²) in [7, 11) is -3.08. The lowest BCUT2D eigenvalue weighted by atomic mass is 10.3. The van der Waals surface area contributed by atoms with Crippen molar-refractivity contribution in [2.75, 3.05) is 0 Å². The third-order valence-corrected chi connectivity index (χ3v) is 1.64. The highest BCUT2D eigenvalue weighted by Crippen LogP contribution is 2.21. The summed E-state index contributed by atoms with van der Waals surface area (Å²) in [5, 5.41) is 0. The highest BCUT2D eigenvalue weighted by Gasteiger charge is 2.16. The van der Waals surface area contributed by atoms with Gasteiger partial charge in [0.05, 0.1) is 0 Å². The second kappa shape index (κ2) is 4.75. The molecule has 16 heavy (non-hydrogen) atoms. The van der Waals surface area contributed by atoms with Crippen LogP contribution >= 0.6 is 0 Å². The van der Waals surface area contributed by atoms with Crippen LogP contribution in [0, 0.1) is 17.5 Å². The summed E-state index contributed by atoms with van der Waals surface area (Å²) in [5.74, 6) is -6.02. The Kier molecular flexibility index (Phi) is 3.61. The molecule has 1 aromatic rings. The van der Waals surface area contributed by atoms with Crippen molar-refractivity contribution in [3.05, 3.63) is 29.6 Å². The first-order valence-corrected chi connectivity index (χ1v) is 4.61. The molecule has 1 aromatic carbocycles. The van der Waals surface area contributed by atoms with E-state index in [1.165, 1.54) is 0 Å². The predicted molar refractivity (Wildman–Crippen MR) is 43.7 cm³/mol. The molecule has 0 fully saturated rings. The maximum atomic E-state index is 12.9. The van der Waals surface area contributed by atoms with Crippen molar-refractivity contribution in [2.24, 2.45) is 4.36 Å². The first kappa shape index (κ1) is 12.2. The standard InChI is InChI=1S/C7H2F3NO4S/c8-3-1-2-4(6(10)5(3)9)15-7(12)11-16(13)14/h1-2H. The van der Waals surface area contributed by atoms with Gasteiger partial charge in [0, 0.05) is 0 Å². The van der Waals surface area contributed by atoms with Crippen LogP contribution in [0.1, 0.15) is 0 Å².